The molecule has 0 bridgehead atoms. The van der Waals surface area contributed by atoms with Crippen LogP contribution in [0.25, 0.3) is 0 Å². The normalized spacial score (nSPS) is 12.5. The van der Waals surface area contributed by atoms with Gasteiger partial charge in [0, 0.05) is 5.41 Å². The van der Waals surface area contributed by atoms with E-state index >= 15 is 0 Å². The molecule has 0 aliphatic carbocycles. The Morgan fingerprint density at radius 3 is 2.06 bits per heavy atom. The highest BCUT2D eigenvalue weighted by atomic mass is 19.4. The summed E-state index contributed by atoms with van der Waals surface area (Å²) in [5.74, 6) is -3.55. The summed E-state index contributed by atoms with van der Waals surface area (Å²) in [5, 5.41) is 20.8. The summed E-state index contributed by atoms with van der Waals surface area (Å²) >= 11 is 0. The van der Waals surface area contributed by atoms with E-state index in [9.17, 15) is 38.1 Å². The largest absolute Gasteiger partial charge is 0.457 e. The third kappa shape index (κ3) is 5.45. The van der Waals surface area contributed by atoms with Gasteiger partial charge in [0.15, 0.2) is 17.5 Å². The number of nitriles is 1. The number of hydrogen-bond donors (Lipinski definition) is 0. The molecule has 10 heteroatoms. The van der Waals surface area contributed by atoms with Crippen molar-refractivity contribution < 1.29 is 32.4 Å². The van der Waals surface area contributed by atoms with Crippen molar-refractivity contribution in [2.75, 3.05) is 0 Å². The first-order chi connectivity index (χ1) is 14.3. The second-order valence-electron chi connectivity index (χ2n) is 7.60. The fourth-order valence-corrected chi connectivity index (χ4v) is 2.61. The van der Waals surface area contributed by atoms with Crippen LogP contribution in [0.1, 0.15) is 36.7 Å². The van der Waals surface area contributed by atoms with Gasteiger partial charge in [-0.25, -0.2) is 0 Å². The number of rotatable bonds is 6. The monoisotopic (exact) mass is 434 g/mol. The minimum atomic E-state index is -4.53. The van der Waals surface area contributed by atoms with Crippen LogP contribution in [-0.2, 0) is 11.0 Å². The van der Waals surface area contributed by atoms with Crippen molar-refractivity contribution in [2.45, 2.75) is 26.9 Å². The van der Waals surface area contributed by atoms with E-state index in [1.54, 1.807) is 6.07 Å². The molecule has 2 rings (SSSR count). The summed E-state index contributed by atoms with van der Waals surface area (Å²) < 4.78 is 43.3. The third-order valence-corrected chi connectivity index (χ3v) is 4.24. The molecule has 0 heterocycles. The van der Waals surface area contributed by atoms with Gasteiger partial charge < -0.3 is 4.74 Å². The highest BCUT2D eigenvalue weighted by Gasteiger charge is 2.37. The molecule has 2 aromatic carbocycles. The van der Waals surface area contributed by atoms with E-state index in [4.69, 9.17) is 4.74 Å². The molecule has 0 amide bonds. The number of nitro groups is 1. The van der Waals surface area contributed by atoms with Crippen LogP contribution in [0.15, 0.2) is 42.5 Å². The molecule has 0 aliphatic rings. The standard InChI is InChI=1S/C21H17F3N2O5/c1-20(2,3)19(28)16(11-25)18(27)15-9-8-14(10-17(15)26(29)30)31-13-6-4-12(5-7-13)21(22,23)24/h4-10,16H,1-3H3. The second kappa shape index (κ2) is 8.55. The Hall–Kier alpha value is -3.74. The van der Waals surface area contributed by atoms with Crippen LogP contribution in [0.5, 0.6) is 11.5 Å². The van der Waals surface area contributed by atoms with E-state index < -0.39 is 50.8 Å². The molecular formula is C21H17F3N2O5. The van der Waals surface area contributed by atoms with Gasteiger partial charge in [0.1, 0.15) is 11.5 Å². The van der Waals surface area contributed by atoms with Gasteiger partial charge in [0.05, 0.1) is 28.2 Å². The van der Waals surface area contributed by atoms with E-state index in [2.05, 4.69) is 0 Å². The lowest BCUT2D eigenvalue weighted by Gasteiger charge is -2.19. The average molecular weight is 434 g/mol. The maximum atomic E-state index is 12.7. The van der Waals surface area contributed by atoms with Gasteiger partial charge in [-0.15, -0.1) is 0 Å². The van der Waals surface area contributed by atoms with Crippen molar-refractivity contribution >= 4 is 17.3 Å². The quantitative estimate of drug-likeness (QED) is 0.263. The van der Waals surface area contributed by atoms with Crippen LogP contribution < -0.4 is 4.74 Å². The first-order valence-corrected chi connectivity index (χ1v) is 8.87. The summed E-state index contributed by atoms with van der Waals surface area (Å²) in [6.07, 6.45) is -4.53. The molecule has 0 N–H and O–H groups in total. The van der Waals surface area contributed by atoms with Crippen LogP contribution in [0.2, 0.25) is 0 Å². The molecule has 0 aromatic heterocycles. The van der Waals surface area contributed by atoms with Crippen molar-refractivity contribution in [3.63, 3.8) is 0 Å². The number of hydrogen-bond acceptors (Lipinski definition) is 6. The SMILES string of the molecule is CC(C)(C)C(=O)C(C#N)C(=O)c1ccc(Oc2ccc(C(F)(F)F)cc2)cc1[N+](=O)[O-]. The minimum absolute atomic E-state index is 0.0146. The highest BCUT2D eigenvalue weighted by Crippen LogP contribution is 2.34. The van der Waals surface area contributed by atoms with E-state index in [0.717, 1.165) is 36.4 Å². The number of halogens is 3. The van der Waals surface area contributed by atoms with Crippen LogP contribution in [0.3, 0.4) is 0 Å². The molecule has 31 heavy (non-hydrogen) atoms. The highest BCUT2D eigenvalue weighted by molar-refractivity contribution is 6.15. The van der Waals surface area contributed by atoms with Crippen molar-refractivity contribution in [1.29, 1.82) is 5.26 Å². The number of Topliss-reactive ketones (excluding diaryl/α,β-unsaturated/α-hetero) is 2. The Bertz CT molecular complexity index is 1060. The predicted octanol–water partition coefficient (Wildman–Crippen LogP) is 5.34. The van der Waals surface area contributed by atoms with Gasteiger partial charge in [0.2, 0.25) is 0 Å². The van der Waals surface area contributed by atoms with Crippen molar-refractivity contribution in [3.8, 4) is 17.6 Å². The number of ketones is 2. The second-order valence-corrected chi connectivity index (χ2v) is 7.60. The van der Waals surface area contributed by atoms with E-state index in [0.29, 0.717) is 0 Å². The smallest absolute Gasteiger partial charge is 0.416 e. The molecule has 0 saturated heterocycles. The topological polar surface area (TPSA) is 110 Å². The number of carbonyl (C=O) groups is 2. The molecule has 0 aliphatic heterocycles. The fourth-order valence-electron chi connectivity index (χ4n) is 2.61. The summed E-state index contributed by atoms with van der Waals surface area (Å²) in [5.41, 5.74) is -3.06. The van der Waals surface area contributed by atoms with E-state index in [-0.39, 0.29) is 11.5 Å². The van der Waals surface area contributed by atoms with Crippen LogP contribution in [0, 0.1) is 32.8 Å². The Labute approximate surface area is 175 Å². The molecule has 7 nitrogen and oxygen atoms in total. The van der Waals surface area contributed by atoms with Gasteiger partial charge in [-0.3, -0.25) is 19.7 Å². The lowest BCUT2D eigenvalue weighted by atomic mass is 9.80. The predicted molar refractivity (Wildman–Crippen MR) is 103 cm³/mol. The molecule has 2 aromatic rings. The molecule has 0 saturated carbocycles. The number of nitrogens with zero attached hydrogens (tertiary/aromatic N) is 2. The van der Waals surface area contributed by atoms with Crippen LogP contribution in [-0.4, -0.2) is 16.5 Å². The maximum absolute atomic E-state index is 12.7. The molecule has 0 radical (unpaired) electrons. The van der Waals surface area contributed by atoms with Gasteiger partial charge in [-0.05, 0) is 36.4 Å². The summed E-state index contributed by atoms with van der Waals surface area (Å²) in [6, 6.07) is 8.40. The molecule has 0 spiro atoms. The summed E-state index contributed by atoms with van der Waals surface area (Å²) in [6.45, 7) is 4.55. The number of nitro benzene ring substituents is 1. The van der Waals surface area contributed by atoms with Crippen molar-refractivity contribution in [2.24, 2.45) is 11.3 Å². The van der Waals surface area contributed by atoms with Gasteiger partial charge in [-0.1, -0.05) is 20.8 Å². The Kier molecular flexibility index (Phi) is 6.49. The Morgan fingerprint density at radius 1 is 1.06 bits per heavy atom. The zero-order chi connectivity index (χ0) is 23.6. The molecule has 1 unspecified atom stereocenters. The summed E-state index contributed by atoms with van der Waals surface area (Å²) in [7, 11) is 0. The number of carbonyl (C=O) groups excluding carboxylic acids is 2. The third-order valence-electron chi connectivity index (χ3n) is 4.24. The molecule has 1 atom stereocenters. The zero-order valence-electron chi connectivity index (χ0n) is 16.7. The maximum Gasteiger partial charge on any atom is 0.416 e. The zero-order valence-corrected chi connectivity index (χ0v) is 16.7. The van der Waals surface area contributed by atoms with Gasteiger partial charge >= 0.3 is 6.18 Å². The Balaban J connectivity index is 2.37. The lowest BCUT2D eigenvalue weighted by molar-refractivity contribution is -0.385. The first-order valence-electron chi connectivity index (χ1n) is 8.87. The van der Waals surface area contributed by atoms with Gasteiger partial charge in [-0.2, -0.15) is 18.4 Å². The lowest BCUT2D eigenvalue weighted by Crippen LogP contribution is -2.33. The fraction of sp³-hybridized carbons (Fsp3) is 0.286. The summed E-state index contributed by atoms with van der Waals surface area (Å²) in [4.78, 5) is 35.7. The van der Waals surface area contributed by atoms with Crippen molar-refractivity contribution in [3.05, 3.63) is 63.7 Å². The number of alkyl halides is 3. The van der Waals surface area contributed by atoms with Crippen LogP contribution in [0.4, 0.5) is 18.9 Å². The van der Waals surface area contributed by atoms with E-state index in [1.165, 1.54) is 26.8 Å². The minimum Gasteiger partial charge on any atom is -0.457 e. The molecule has 0 fully saturated rings. The molecular weight excluding hydrogens is 417 g/mol. The van der Waals surface area contributed by atoms with Gasteiger partial charge in [0.25, 0.3) is 5.69 Å². The van der Waals surface area contributed by atoms with Crippen LogP contribution >= 0.6 is 0 Å². The molecule has 162 valence electrons. The first kappa shape index (κ1) is 23.5. The average Bonchev–Trinajstić information content (AvgIpc) is 2.67. The van der Waals surface area contributed by atoms with E-state index in [1.807, 2.05) is 0 Å². The number of benzene rings is 2. The van der Waals surface area contributed by atoms with Crippen molar-refractivity contribution in [1.82, 2.24) is 0 Å². The Morgan fingerprint density at radius 2 is 1.61 bits per heavy atom. The number of ether oxygens (including phenoxy) is 1.